The first-order chi connectivity index (χ1) is 10.2. The SMILES string of the molecule is CN(Cc1cccnc1)C(=O)c1sccc1C#CCCO. The smallest absolute Gasteiger partial charge is 0.265 e. The Morgan fingerprint density at radius 3 is 3.05 bits per heavy atom. The van der Waals surface area contributed by atoms with Crippen LogP contribution < -0.4 is 0 Å². The van der Waals surface area contributed by atoms with Gasteiger partial charge in [0.15, 0.2) is 0 Å². The molecule has 5 heteroatoms. The van der Waals surface area contributed by atoms with E-state index in [-0.39, 0.29) is 12.5 Å². The van der Waals surface area contributed by atoms with Crippen LogP contribution in [-0.4, -0.2) is 34.6 Å². The van der Waals surface area contributed by atoms with Crippen LogP contribution in [-0.2, 0) is 6.54 Å². The van der Waals surface area contributed by atoms with Crippen molar-refractivity contribution in [3.05, 3.63) is 52.0 Å². The maximum Gasteiger partial charge on any atom is 0.265 e. The number of pyridine rings is 1. The summed E-state index contributed by atoms with van der Waals surface area (Å²) in [5, 5.41) is 10.6. The maximum absolute atomic E-state index is 12.5. The van der Waals surface area contributed by atoms with Crippen LogP contribution in [0.3, 0.4) is 0 Å². The summed E-state index contributed by atoms with van der Waals surface area (Å²) in [7, 11) is 1.76. The van der Waals surface area contributed by atoms with E-state index in [0.717, 1.165) is 11.1 Å². The fraction of sp³-hybridized carbons (Fsp3) is 0.250. The molecule has 0 atom stereocenters. The molecule has 2 rings (SSSR count). The lowest BCUT2D eigenvalue weighted by molar-refractivity contribution is 0.0789. The van der Waals surface area contributed by atoms with Crippen LogP contribution in [0.1, 0.15) is 27.2 Å². The molecule has 0 saturated heterocycles. The van der Waals surface area contributed by atoms with Gasteiger partial charge in [0.2, 0.25) is 0 Å². The third kappa shape index (κ3) is 4.15. The monoisotopic (exact) mass is 300 g/mol. The summed E-state index contributed by atoms with van der Waals surface area (Å²) >= 11 is 1.38. The van der Waals surface area contributed by atoms with Crippen LogP contribution in [0.15, 0.2) is 36.0 Å². The van der Waals surface area contributed by atoms with Crippen LogP contribution in [0.5, 0.6) is 0 Å². The second-order valence-electron chi connectivity index (χ2n) is 4.46. The van der Waals surface area contributed by atoms with Crippen molar-refractivity contribution < 1.29 is 9.90 Å². The average Bonchev–Trinajstić information content (AvgIpc) is 2.96. The van der Waals surface area contributed by atoms with E-state index in [1.165, 1.54) is 11.3 Å². The maximum atomic E-state index is 12.5. The van der Waals surface area contributed by atoms with Gasteiger partial charge in [-0.05, 0) is 23.1 Å². The summed E-state index contributed by atoms with van der Waals surface area (Å²) < 4.78 is 0. The molecule has 2 aromatic rings. The first-order valence-corrected chi connectivity index (χ1v) is 7.42. The van der Waals surface area contributed by atoms with Gasteiger partial charge in [0.25, 0.3) is 5.91 Å². The number of hydrogen-bond donors (Lipinski definition) is 1. The minimum absolute atomic E-state index is 0.0291. The minimum atomic E-state index is -0.0536. The van der Waals surface area contributed by atoms with Gasteiger partial charge in [-0.1, -0.05) is 17.9 Å². The van der Waals surface area contributed by atoms with Gasteiger partial charge in [-0.2, -0.15) is 0 Å². The molecule has 0 fully saturated rings. The fourth-order valence-corrected chi connectivity index (χ4v) is 2.64. The zero-order valence-electron chi connectivity index (χ0n) is 11.7. The van der Waals surface area contributed by atoms with Crippen LogP contribution in [0.2, 0.25) is 0 Å². The molecular weight excluding hydrogens is 284 g/mol. The van der Waals surface area contributed by atoms with Gasteiger partial charge in [0, 0.05) is 38.0 Å². The summed E-state index contributed by atoms with van der Waals surface area (Å²) in [5.74, 6) is 5.73. The summed E-state index contributed by atoms with van der Waals surface area (Å²) in [5.41, 5.74) is 1.70. The second kappa shape index (κ2) is 7.58. The normalized spacial score (nSPS) is 9.81. The number of carbonyl (C=O) groups is 1. The highest BCUT2D eigenvalue weighted by atomic mass is 32.1. The molecule has 4 nitrogen and oxygen atoms in total. The Kier molecular flexibility index (Phi) is 5.50. The number of aliphatic hydroxyl groups is 1. The molecule has 0 aromatic carbocycles. The lowest BCUT2D eigenvalue weighted by atomic mass is 10.2. The predicted octanol–water partition coefficient (Wildman–Crippen LogP) is 2.15. The second-order valence-corrected chi connectivity index (χ2v) is 5.38. The van der Waals surface area contributed by atoms with Gasteiger partial charge < -0.3 is 10.0 Å². The highest BCUT2D eigenvalue weighted by Crippen LogP contribution is 2.18. The van der Waals surface area contributed by atoms with Crippen LogP contribution in [0.4, 0.5) is 0 Å². The Bertz CT molecular complexity index is 656. The van der Waals surface area contributed by atoms with E-state index in [4.69, 9.17) is 5.11 Å². The van der Waals surface area contributed by atoms with Gasteiger partial charge in [-0.15, -0.1) is 11.3 Å². The molecule has 1 N–H and O–H groups in total. The largest absolute Gasteiger partial charge is 0.395 e. The molecule has 1 amide bonds. The first-order valence-electron chi connectivity index (χ1n) is 6.54. The number of hydrogen-bond acceptors (Lipinski definition) is 4. The van der Waals surface area contributed by atoms with Gasteiger partial charge in [-0.3, -0.25) is 9.78 Å². The first kappa shape index (κ1) is 15.2. The Balaban J connectivity index is 2.10. The van der Waals surface area contributed by atoms with Crippen molar-refractivity contribution in [3.8, 4) is 11.8 Å². The van der Waals surface area contributed by atoms with Gasteiger partial charge >= 0.3 is 0 Å². The highest BCUT2D eigenvalue weighted by molar-refractivity contribution is 7.12. The van der Waals surface area contributed by atoms with Crippen molar-refractivity contribution in [1.29, 1.82) is 0 Å². The average molecular weight is 300 g/mol. The molecule has 0 bridgehead atoms. The van der Waals surface area contributed by atoms with Crippen molar-refractivity contribution >= 4 is 17.2 Å². The molecule has 0 spiro atoms. The van der Waals surface area contributed by atoms with Gasteiger partial charge in [0.05, 0.1) is 6.61 Å². The summed E-state index contributed by atoms with van der Waals surface area (Å²) in [4.78, 5) is 18.8. The summed E-state index contributed by atoms with van der Waals surface area (Å²) in [6, 6.07) is 5.62. The van der Waals surface area contributed by atoms with Gasteiger partial charge in [-0.25, -0.2) is 0 Å². The molecule has 0 saturated carbocycles. The lowest BCUT2D eigenvalue weighted by Crippen LogP contribution is -2.26. The van der Waals surface area contributed by atoms with Crippen LogP contribution in [0.25, 0.3) is 0 Å². The molecule has 0 aliphatic rings. The summed E-state index contributed by atoms with van der Waals surface area (Å²) in [6.07, 6.45) is 3.87. The van der Waals surface area contributed by atoms with Crippen LogP contribution >= 0.6 is 11.3 Å². The third-order valence-electron chi connectivity index (χ3n) is 2.81. The number of nitrogens with zero attached hydrogens (tertiary/aromatic N) is 2. The standard InChI is InChI=1S/C16H16N2O2S/c1-18(12-13-5-4-8-17-11-13)16(20)15-14(7-10-21-15)6-2-3-9-19/h4-5,7-8,10-11,19H,3,9,12H2,1H3. The highest BCUT2D eigenvalue weighted by Gasteiger charge is 2.16. The van der Waals surface area contributed by atoms with Gasteiger partial charge in [0.1, 0.15) is 4.88 Å². The predicted molar refractivity (Wildman–Crippen MR) is 82.9 cm³/mol. The Morgan fingerprint density at radius 1 is 1.48 bits per heavy atom. The van der Waals surface area contributed by atoms with E-state index in [1.807, 2.05) is 23.6 Å². The zero-order chi connectivity index (χ0) is 15.1. The molecular formula is C16H16N2O2S. The molecule has 0 radical (unpaired) electrons. The number of aromatic nitrogens is 1. The molecule has 0 unspecified atom stereocenters. The van der Waals surface area contributed by atoms with Crippen molar-refractivity contribution in [2.45, 2.75) is 13.0 Å². The third-order valence-corrected chi connectivity index (χ3v) is 3.71. The number of thiophene rings is 1. The van der Waals surface area contributed by atoms with Crippen molar-refractivity contribution in [3.63, 3.8) is 0 Å². The Labute approximate surface area is 128 Å². The Morgan fingerprint density at radius 2 is 2.33 bits per heavy atom. The van der Waals surface area contributed by atoms with Crippen molar-refractivity contribution in [1.82, 2.24) is 9.88 Å². The number of carbonyl (C=O) groups excluding carboxylic acids is 1. The molecule has 0 aliphatic heterocycles. The van der Waals surface area contributed by atoms with E-state index >= 15 is 0 Å². The quantitative estimate of drug-likeness (QED) is 0.880. The fourth-order valence-electron chi connectivity index (χ4n) is 1.80. The molecule has 108 valence electrons. The summed E-state index contributed by atoms with van der Waals surface area (Å²) in [6.45, 7) is 0.537. The number of aliphatic hydroxyl groups excluding tert-OH is 1. The van der Waals surface area contributed by atoms with E-state index in [0.29, 0.717) is 17.8 Å². The van der Waals surface area contributed by atoms with Crippen LogP contribution in [0, 0.1) is 11.8 Å². The molecule has 2 aromatic heterocycles. The van der Waals surface area contributed by atoms with Crippen molar-refractivity contribution in [2.24, 2.45) is 0 Å². The molecule has 0 aliphatic carbocycles. The van der Waals surface area contributed by atoms with Crippen molar-refractivity contribution in [2.75, 3.05) is 13.7 Å². The lowest BCUT2D eigenvalue weighted by Gasteiger charge is -2.16. The minimum Gasteiger partial charge on any atom is -0.395 e. The zero-order valence-corrected chi connectivity index (χ0v) is 12.6. The number of rotatable bonds is 4. The van der Waals surface area contributed by atoms with E-state index in [1.54, 1.807) is 24.3 Å². The molecule has 2 heterocycles. The van der Waals surface area contributed by atoms with E-state index < -0.39 is 0 Å². The van der Waals surface area contributed by atoms with E-state index in [9.17, 15) is 4.79 Å². The topological polar surface area (TPSA) is 53.4 Å². The number of amides is 1. The Hall–Kier alpha value is -2.16. The van der Waals surface area contributed by atoms with E-state index in [2.05, 4.69) is 16.8 Å². The molecule has 21 heavy (non-hydrogen) atoms.